The summed E-state index contributed by atoms with van der Waals surface area (Å²) < 4.78 is 16.3. The molecule has 0 atom stereocenters. The van der Waals surface area contributed by atoms with Crippen LogP contribution in [0.15, 0.2) is 48.7 Å². The first kappa shape index (κ1) is 16.9. The van der Waals surface area contributed by atoms with Gasteiger partial charge >= 0.3 is 0 Å². The number of methoxy groups -OCH3 is 1. The van der Waals surface area contributed by atoms with Gasteiger partial charge in [0.15, 0.2) is 17.3 Å². The smallest absolute Gasteiger partial charge is 0.244 e. The summed E-state index contributed by atoms with van der Waals surface area (Å²) in [5.74, 6) is 3.30. The number of rotatable bonds is 6. The van der Waals surface area contributed by atoms with E-state index in [1.54, 1.807) is 13.3 Å². The number of nitrogens with zero attached hydrogens (tertiary/aromatic N) is 3. The molecule has 3 aromatic rings. The van der Waals surface area contributed by atoms with Crippen molar-refractivity contribution in [2.24, 2.45) is 0 Å². The summed E-state index contributed by atoms with van der Waals surface area (Å²) in [4.78, 5) is 4.44. The zero-order valence-corrected chi connectivity index (χ0v) is 14.8. The van der Waals surface area contributed by atoms with Crippen molar-refractivity contribution in [2.45, 2.75) is 6.54 Å². The van der Waals surface area contributed by atoms with Gasteiger partial charge in [-0.3, -0.25) is 0 Å². The highest BCUT2D eigenvalue weighted by Crippen LogP contribution is 2.33. The van der Waals surface area contributed by atoms with Crippen LogP contribution in [0, 0.1) is 0 Å². The molecule has 0 bridgehead atoms. The molecular weight excluding hydrogens is 346 g/mol. The van der Waals surface area contributed by atoms with Crippen LogP contribution in [0.1, 0.15) is 5.56 Å². The van der Waals surface area contributed by atoms with Gasteiger partial charge in [0.05, 0.1) is 13.3 Å². The fourth-order valence-corrected chi connectivity index (χ4v) is 2.63. The van der Waals surface area contributed by atoms with Crippen molar-refractivity contribution < 1.29 is 14.2 Å². The number of hydrogen-bond acceptors (Lipinski definition) is 8. The molecule has 0 radical (unpaired) electrons. The molecule has 8 heteroatoms. The monoisotopic (exact) mass is 365 g/mol. The van der Waals surface area contributed by atoms with Crippen LogP contribution in [0.4, 0.5) is 17.5 Å². The zero-order chi connectivity index (χ0) is 18.5. The molecule has 1 aliphatic rings. The van der Waals surface area contributed by atoms with Crippen LogP contribution in [0.5, 0.6) is 17.2 Å². The highest BCUT2D eigenvalue weighted by molar-refractivity contribution is 5.61. The molecule has 0 aliphatic carbocycles. The molecule has 27 heavy (non-hydrogen) atoms. The Balaban J connectivity index is 1.41. The van der Waals surface area contributed by atoms with Crippen molar-refractivity contribution in [2.75, 3.05) is 31.0 Å². The summed E-state index contributed by atoms with van der Waals surface area (Å²) in [5, 5.41) is 14.4. The molecule has 2 N–H and O–H groups in total. The van der Waals surface area contributed by atoms with E-state index in [4.69, 9.17) is 14.2 Å². The summed E-state index contributed by atoms with van der Waals surface area (Å²) in [7, 11) is 1.65. The first-order valence-corrected chi connectivity index (χ1v) is 8.53. The van der Waals surface area contributed by atoms with Crippen LogP contribution < -0.4 is 24.8 Å². The van der Waals surface area contributed by atoms with E-state index in [2.05, 4.69) is 25.8 Å². The van der Waals surface area contributed by atoms with Crippen molar-refractivity contribution in [3.63, 3.8) is 0 Å². The predicted molar refractivity (Wildman–Crippen MR) is 101 cm³/mol. The third-order valence-corrected chi connectivity index (χ3v) is 3.98. The van der Waals surface area contributed by atoms with Crippen LogP contribution in [-0.4, -0.2) is 35.5 Å². The number of fused-ring (bicyclic) bond motifs is 1. The van der Waals surface area contributed by atoms with E-state index in [1.807, 2.05) is 42.5 Å². The lowest BCUT2D eigenvalue weighted by Crippen LogP contribution is -2.15. The number of benzene rings is 2. The maximum Gasteiger partial charge on any atom is 0.244 e. The summed E-state index contributed by atoms with van der Waals surface area (Å²) in [6, 6.07) is 13.4. The first-order chi connectivity index (χ1) is 13.3. The lowest BCUT2D eigenvalue weighted by atomic mass is 10.2. The van der Waals surface area contributed by atoms with Crippen LogP contribution in [0.3, 0.4) is 0 Å². The number of aromatic nitrogens is 3. The predicted octanol–water partition coefficient (Wildman–Crippen LogP) is 3.01. The van der Waals surface area contributed by atoms with Gasteiger partial charge < -0.3 is 24.8 Å². The van der Waals surface area contributed by atoms with Gasteiger partial charge in [-0.2, -0.15) is 10.1 Å². The first-order valence-electron chi connectivity index (χ1n) is 8.53. The van der Waals surface area contributed by atoms with Gasteiger partial charge in [-0.25, -0.2) is 0 Å². The summed E-state index contributed by atoms with van der Waals surface area (Å²) in [6.45, 7) is 1.70. The molecule has 8 nitrogen and oxygen atoms in total. The lowest BCUT2D eigenvalue weighted by molar-refractivity contribution is 0.171. The molecule has 2 aromatic carbocycles. The van der Waals surface area contributed by atoms with Crippen LogP contribution in [-0.2, 0) is 6.54 Å². The minimum atomic E-state index is 0.438. The quantitative estimate of drug-likeness (QED) is 0.689. The van der Waals surface area contributed by atoms with Gasteiger partial charge in [-0.15, -0.1) is 5.10 Å². The molecule has 4 rings (SSSR count). The van der Waals surface area contributed by atoms with Crippen LogP contribution in [0.25, 0.3) is 0 Å². The van der Waals surface area contributed by atoms with Crippen LogP contribution >= 0.6 is 0 Å². The Morgan fingerprint density at radius 1 is 1.04 bits per heavy atom. The molecule has 138 valence electrons. The molecule has 0 unspecified atom stereocenters. The van der Waals surface area contributed by atoms with E-state index in [-0.39, 0.29) is 0 Å². The molecule has 0 saturated carbocycles. The summed E-state index contributed by atoms with van der Waals surface area (Å²) in [6.07, 6.45) is 1.56. The molecular formula is C19H19N5O3. The Morgan fingerprint density at radius 2 is 1.85 bits per heavy atom. The minimum Gasteiger partial charge on any atom is -0.497 e. The number of ether oxygens (including phenoxy) is 3. The van der Waals surface area contributed by atoms with Gasteiger partial charge in [-0.1, -0.05) is 12.1 Å². The Hall–Kier alpha value is -3.55. The van der Waals surface area contributed by atoms with E-state index in [0.717, 1.165) is 22.7 Å². The highest BCUT2D eigenvalue weighted by atomic mass is 16.6. The summed E-state index contributed by atoms with van der Waals surface area (Å²) in [5.41, 5.74) is 1.92. The molecule has 0 spiro atoms. The largest absolute Gasteiger partial charge is 0.497 e. The van der Waals surface area contributed by atoms with Gasteiger partial charge in [0.25, 0.3) is 0 Å². The standard InChI is InChI=1S/C19H19N5O3/c1-25-15-5-2-13(3-6-15)11-20-19-23-18(12-21-24-19)22-14-4-7-16-17(10-14)27-9-8-26-16/h2-7,10,12H,8-9,11H2,1H3,(H2,20,22,23,24). The average molecular weight is 365 g/mol. The third kappa shape index (κ3) is 4.17. The van der Waals surface area contributed by atoms with Gasteiger partial charge in [0.2, 0.25) is 5.95 Å². The van der Waals surface area contributed by atoms with E-state index in [1.165, 1.54) is 0 Å². The SMILES string of the molecule is COc1ccc(CNc2nncc(Nc3ccc4c(c3)OCCO4)n2)cc1. The second kappa shape index (κ2) is 7.77. The fraction of sp³-hybridized carbons (Fsp3) is 0.211. The number of hydrogen-bond donors (Lipinski definition) is 2. The average Bonchev–Trinajstić information content (AvgIpc) is 2.73. The molecule has 0 saturated heterocycles. The minimum absolute atomic E-state index is 0.438. The van der Waals surface area contributed by atoms with E-state index in [9.17, 15) is 0 Å². The molecule has 2 heterocycles. The maximum absolute atomic E-state index is 5.59. The van der Waals surface area contributed by atoms with Crippen molar-refractivity contribution >= 4 is 17.5 Å². The molecule has 1 aliphatic heterocycles. The molecule has 1 aromatic heterocycles. The molecule has 0 fully saturated rings. The van der Waals surface area contributed by atoms with Crippen molar-refractivity contribution in [1.82, 2.24) is 15.2 Å². The third-order valence-electron chi connectivity index (χ3n) is 3.98. The van der Waals surface area contributed by atoms with E-state index < -0.39 is 0 Å². The van der Waals surface area contributed by atoms with E-state index >= 15 is 0 Å². The Kier molecular flexibility index (Phi) is 4.86. The highest BCUT2D eigenvalue weighted by Gasteiger charge is 2.12. The number of nitrogens with one attached hydrogen (secondary N) is 2. The van der Waals surface area contributed by atoms with Crippen LogP contribution in [0.2, 0.25) is 0 Å². The summed E-state index contributed by atoms with van der Waals surface area (Å²) >= 11 is 0. The topological polar surface area (TPSA) is 90.4 Å². The maximum atomic E-state index is 5.59. The van der Waals surface area contributed by atoms with Crippen molar-refractivity contribution in [1.29, 1.82) is 0 Å². The van der Waals surface area contributed by atoms with E-state index in [0.29, 0.717) is 37.3 Å². The second-order valence-corrected chi connectivity index (χ2v) is 5.85. The van der Waals surface area contributed by atoms with Gasteiger partial charge in [0.1, 0.15) is 19.0 Å². The number of anilines is 3. The Bertz CT molecular complexity index is 917. The Morgan fingerprint density at radius 3 is 2.67 bits per heavy atom. The fourth-order valence-electron chi connectivity index (χ4n) is 2.63. The van der Waals surface area contributed by atoms with Gasteiger partial charge in [0, 0.05) is 18.3 Å². The van der Waals surface area contributed by atoms with Crippen molar-refractivity contribution in [3.05, 3.63) is 54.2 Å². The zero-order valence-electron chi connectivity index (χ0n) is 14.8. The molecule has 0 amide bonds. The second-order valence-electron chi connectivity index (χ2n) is 5.85. The van der Waals surface area contributed by atoms with Gasteiger partial charge in [-0.05, 0) is 29.8 Å². The Labute approximate surface area is 156 Å². The van der Waals surface area contributed by atoms with Crippen molar-refractivity contribution in [3.8, 4) is 17.2 Å². The normalized spacial score (nSPS) is 12.3. The lowest BCUT2D eigenvalue weighted by Gasteiger charge is -2.19.